The monoisotopic (exact) mass is 298 g/mol. The summed E-state index contributed by atoms with van der Waals surface area (Å²) in [6.45, 7) is 9.05. The summed E-state index contributed by atoms with van der Waals surface area (Å²) >= 11 is 0. The van der Waals surface area contributed by atoms with Gasteiger partial charge in [0.15, 0.2) is 0 Å². The predicted molar refractivity (Wildman–Crippen MR) is 81.9 cm³/mol. The molecule has 1 saturated heterocycles. The van der Waals surface area contributed by atoms with Gasteiger partial charge in [0.2, 0.25) is 5.91 Å². The van der Waals surface area contributed by atoms with Crippen molar-refractivity contribution in [2.24, 2.45) is 17.1 Å². The molecule has 21 heavy (non-hydrogen) atoms. The number of nitrogens with two attached hydrogens (primary N) is 1. The number of nitrogens with one attached hydrogen (secondary N) is 1. The minimum absolute atomic E-state index is 0.0344. The molecule has 2 fully saturated rings. The third-order valence-corrected chi connectivity index (χ3v) is 5.22. The van der Waals surface area contributed by atoms with E-state index < -0.39 is 5.54 Å². The first-order valence-corrected chi connectivity index (χ1v) is 8.22. The second kappa shape index (κ2) is 6.63. The summed E-state index contributed by atoms with van der Waals surface area (Å²) in [5, 5.41) is 2.98. The average Bonchev–Trinajstić information content (AvgIpc) is 2.93. The van der Waals surface area contributed by atoms with Crippen molar-refractivity contribution in [1.29, 1.82) is 0 Å². The molecule has 3 N–H and O–H groups in total. The molecule has 1 heterocycles. The molecule has 0 bridgehead atoms. The zero-order valence-corrected chi connectivity index (χ0v) is 13.6. The smallest absolute Gasteiger partial charge is 0.241 e. The third kappa shape index (κ3) is 2.83. The molecule has 1 saturated carbocycles. The quantitative estimate of drug-likeness (QED) is 0.665. The van der Waals surface area contributed by atoms with Crippen molar-refractivity contribution in [2.75, 3.05) is 26.4 Å². The first kappa shape index (κ1) is 16.7. The molecule has 2 aliphatic rings. The van der Waals surface area contributed by atoms with E-state index in [0.29, 0.717) is 13.2 Å². The van der Waals surface area contributed by atoms with Gasteiger partial charge < -0.3 is 20.5 Å². The summed E-state index contributed by atoms with van der Waals surface area (Å²) in [6.07, 6.45) is 4.08. The van der Waals surface area contributed by atoms with Crippen molar-refractivity contribution in [3.63, 3.8) is 0 Å². The average molecular weight is 298 g/mol. The molecule has 0 spiro atoms. The number of amides is 1. The minimum Gasteiger partial charge on any atom is -0.381 e. The van der Waals surface area contributed by atoms with Crippen LogP contribution >= 0.6 is 0 Å². The fourth-order valence-corrected chi connectivity index (χ4v) is 3.72. The van der Waals surface area contributed by atoms with Crippen molar-refractivity contribution in [2.45, 2.75) is 58.1 Å². The number of carbonyl (C=O) groups is 1. The van der Waals surface area contributed by atoms with Crippen molar-refractivity contribution in [3.05, 3.63) is 0 Å². The van der Waals surface area contributed by atoms with Gasteiger partial charge in [-0.25, -0.2) is 0 Å². The molecule has 0 radical (unpaired) electrons. The highest BCUT2D eigenvalue weighted by Crippen LogP contribution is 2.58. The Morgan fingerprint density at radius 1 is 1.38 bits per heavy atom. The largest absolute Gasteiger partial charge is 0.381 e. The van der Waals surface area contributed by atoms with Gasteiger partial charge in [-0.3, -0.25) is 4.79 Å². The van der Waals surface area contributed by atoms with Crippen molar-refractivity contribution >= 4 is 5.91 Å². The van der Waals surface area contributed by atoms with E-state index in [4.69, 9.17) is 15.2 Å². The predicted octanol–water partition coefficient (Wildman–Crippen LogP) is 1.45. The van der Waals surface area contributed by atoms with Gasteiger partial charge in [0, 0.05) is 37.7 Å². The number of hydrogen-bond donors (Lipinski definition) is 2. The van der Waals surface area contributed by atoms with Crippen molar-refractivity contribution in [3.8, 4) is 0 Å². The van der Waals surface area contributed by atoms with E-state index in [1.807, 2.05) is 13.8 Å². The Hall–Kier alpha value is -0.650. The second-order valence-corrected chi connectivity index (χ2v) is 6.85. The Labute approximate surface area is 127 Å². The molecule has 0 aromatic heterocycles. The van der Waals surface area contributed by atoms with Gasteiger partial charge in [-0.1, -0.05) is 27.2 Å². The van der Waals surface area contributed by atoms with Crippen molar-refractivity contribution in [1.82, 2.24) is 5.32 Å². The zero-order chi connectivity index (χ0) is 15.5. The van der Waals surface area contributed by atoms with E-state index >= 15 is 0 Å². The first-order chi connectivity index (χ1) is 9.96. The van der Waals surface area contributed by atoms with E-state index in [0.717, 1.165) is 38.9 Å². The molecule has 3 atom stereocenters. The van der Waals surface area contributed by atoms with Crippen LogP contribution in [0.3, 0.4) is 0 Å². The first-order valence-electron chi connectivity index (χ1n) is 8.22. The van der Waals surface area contributed by atoms with Crippen LogP contribution in [-0.4, -0.2) is 43.9 Å². The van der Waals surface area contributed by atoms with E-state index in [9.17, 15) is 4.79 Å². The van der Waals surface area contributed by atoms with Gasteiger partial charge in [-0.2, -0.15) is 0 Å². The van der Waals surface area contributed by atoms with Crippen molar-refractivity contribution < 1.29 is 14.3 Å². The standard InChI is InChI=1S/C16H30N2O3/c1-4-5-9-20-10-6-8-18-14(19)16(17)12-7-11-21-13(12)15(16,2)3/h12-13H,4-11,17H2,1-3H3,(H,18,19). The van der Waals surface area contributed by atoms with Gasteiger partial charge >= 0.3 is 0 Å². The molecule has 122 valence electrons. The van der Waals surface area contributed by atoms with Gasteiger partial charge in [0.05, 0.1) is 6.10 Å². The molecule has 5 heteroatoms. The Morgan fingerprint density at radius 2 is 2.10 bits per heavy atom. The number of carbonyl (C=O) groups excluding carboxylic acids is 1. The van der Waals surface area contributed by atoms with Gasteiger partial charge in [-0.15, -0.1) is 0 Å². The topological polar surface area (TPSA) is 73.6 Å². The van der Waals surface area contributed by atoms with E-state index in [-0.39, 0.29) is 23.3 Å². The van der Waals surface area contributed by atoms with Crippen LogP contribution in [0.25, 0.3) is 0 Å². The van der Waals surface area contributed by atoms with Crippen LogP contribution in [0, 0.1) is 11.3 Å². The second-order valence-electron chi connectivity index (χ2n) is 6.85. The van der Waals surface area contributed by atoms with Gasteiger partial charge in [-0.05, 0) is 19.3 Å². The number of unbranched alkanes of at least 4 members (excludes halogenated alkanes) is 1. The minimum atomic E-state index is -0.794. The highest BCUT2D eigenvalue weighted by molar-refractivity contribution is 5.89. The molecule has 5 nitrogen and oxygen atoms in total. The number of fused-ring (bicyclic) bond motifs is 1. The van der Waals surface area contributed by atoms with Gasteiger partial charge in [0.1, 0.15) is 5.54 Å². The molecule has 1 aliphatic carbocycles. The zero-order valence-electron chi connectivity index (χ0n) is 13.6. The Balaban J connectivity index is 1.73. The summed E-state index contributed by atoms with van der Waals surface area (Å²) in [5.74, 6) is 0.126. The van der Waals surface area contributed by atoms with E-state index in [1.54, 1.807) is 0 Å². The van der Waals surface area contributed by atoms with Crippen LogP contribution in [0.15, 0.2) is 0 Å². The lowest BCUT2D eigenvalue weighted by atomic mass is 9.48. The number of ether oxygens (including phenoxy) is 2. The van der Waals surface area contributed by atoms with E-state index in [1.165, 1.54) is 0 Å². The Bertz CT molecular complexity index is 373. The molecular weight excluding hydrogens is 268 g/mol. The summed E-state index contributed by atoms with van der Waals surface area (Å²) in [5.41, 5.74) is 5.38. The highest BCUT2D eigenvalue weighted by Gasteiger charge is 2.71. The lowest BCUT2D eigenvalue weighted by Crippen LogP contribution is -2.80. The Morgan fingerprint density at radius 3 is 2.81 bits per heavy atom. The summed E-state index contributed by atoms with van der Waals surface area (Å²) < 4.78 is 11.2. The van der Waals surface area contributed by atoms with Crippen LogP contribution in [0.4, 0.5) is 0 Å². The lowest BCUT2D eigenvalue weighted by Gasteiger charge is -2.60. The molecule has 0 aromatic rings. The van der Waals surface area contributed by atoms with E-state index in [2.05, 4.69) is 12.2 Å². The van der Waals surface area contributed by atoms with Crippen LogP contribution in [-0.2, 0) is 14.3 Å². The maximum absolute atomic E-state index is 12.5. The molecule has 0 aromatic carbocycles. The molecule has 3 unspecified atom stereocenters. The molecule has 1 amide bonds. The number of rotatable bonds is 8. The lowest BCUT2D eigenvalue weighted by molar-refractivity contribution is -0.175. The highest BCUT2D eigenvalue weighted by atomic mass is 16.5. The molecule has 1 aliphatic heterocycles. The molecule has 2 rings (SSSR count). The maximum atomic E-state index is 12.5. The van der Waals surface area contributed by atoms with Crippen LogP contribution in [0.5, 0.6) is 0 Å². The summed E-state index contributed by atoms with van der Waals surface area (Å²) in [6, 6.07) is 0. The normalized spacial score (nSPS) is 33.3. The fraction of sp³-hybridized carbons (Fsp3) is 0.938. The van der Waals surface area contributed by atoms with Gasteiger partial charge in [0.25, 0.3) is 0 Å². The molecular formula is C16H30N2O3. The van der Waals surface area contributed by atoms with Crippen LogP contribution < -0.4 is 11.1 Å². The van der Waals surface area contributed by atoms with Crippen LogP contribution in [0.2, 0.25) is 0 Å². The fourth-order valence-electron chi connectivity index (χ4n) is 3.72. The van der Waals surface area contributed by atoms with Crippen LogP contribution in [0.1, 0.15) is 46.5 Å². The summed E-state index contributed by atoms with van der Waals surface area (Å²) in [4.78, 5) is 12.5. The number of hydrogen-bond acceptors (Lipinski definition) is 4. The SMILES string of the molecule is CCCCOCCCNC(=O)C1(N)C2CCOC2C1(C)C. The Kier molecular flexibility index (Phi) is 5.28. The maximum Gasteiger partial charge on any atom is 0.241 e. The third-order valence-electron chi connectivity index (χ3n) is 5.22. The summed E-state index contributed by atoms with van der Waals surface area (Å²) in [7, 11) is 0.